The number of carbonyl (C=O) groups is 2. The van der Waals surface area contributed by atoms with Crippen LogP contribution in [0.1, 0.15) is 39.0 Å². The summed E-state index contributed by atoms with van der Waals surface area (Å²) in [5, 5.41) is 2.93. The molecule has 104 valence electrons. The number of hydrogen-bond donors (Lipinski definition) is 1. The van der Waals surface area contributed by atoms with Gasteiger partial charge in [-0.25, -0.2) is 0 Å². The van der Waals surface area contributed by atoms with Crippen LogP contribution in [0.15, 0.2) is 0 Å². The van der Waals surface area contributed by atoms with Crippen LogP contribution in [0.3, 0.4) is 0 Å². The average Bonchev–Trinajstić information content (AvgIpc) is 2.28. The lowest BCUT2D eigenvalue weighted by Gasteiger charge is -2.29. The Morgan fingerprint density at radius 2 is 1.89 bits per heavy atom. The van der Waals surface area contributed by atoms with Gasteiger partial charge in [0.2, 0.25) is 5.91 Å². The van der Waals surface area contributed by atoms with Crippen LogP contribution >= 0.6 is 0 Å². The van der Waals surface area contributed by atoms with E-state index in [-0.39, 0.29) is 23.5 Å². The summed E-state index contributed by atoms with van der Waals surface area (Å²) in [5.41, 5.74) is 0. The van der Waals surface area contributed by atoms with E-state index in [4.69, 9.17) is 0 Å². The van der Waals surface area contributed by atoms with Gasteiger partial charge in [-0.05, 0) is 39.8 Å². The first-order valence-electron chi connectivity index (χ1n) is 6.92. The zero-order chi connectivity index (χ0) is 13.5. The maximum absolute atomic E-state index is 11.8. The number of ketones is 1. The molecule has 0 radical (unpaired) electrons. The molecule has 0 heterocycles. The number of Topliss-reactive ketones (excluding diaryl/α,β-unsaturated/α-hetero) is 1. The van der Waals surface area contributed by atoms with Gasteiger partial charge in [0.25, 0.3) is 0 Å². The maximum Gasteiger partial charge on any atom is 0.220 e. The van der Waals surface area contributed by atoms with Crippen LogP contribution in [0.2, 0.25) is 0 Å². The second kappa shape index (κ2) is 7.52. The molecule has 1 rings (SSSR count). The van der Waals surface area contributed by atoms with Crippen molar-refractivity contribution in [3.05, 3.63) is 0 Å². The summed E-state index contributed by atoms with van der Waals surface area (Å²) < 4.78 is 0. The maximum atomic E-state index is 11.8. The first-order valence-corrected chi connectivity index (χ1v) is 6.92. The Labute approximate surface area is 110 Å². The molecule has 1 N–H and O–H groups in total. The standard InChI is InChI=1S/C14H26N2O2/c1-11(17)13-7-5-4-6-12(13)10-14(18)15-8-9-16(2)3/h12-13H,4-10H2,1-3H3,(H,15,18)/t12-,13+/m0/s1. The van der Waals surface area contributed by atoms with E-state index in [1.54, 1.807) is 6.92 Å². The van der Waals surface area contributed by atoms with Gasteiger partial charge >= 0.3 is 0 Å². The summed E-state index contributed by atoms with van der Waals surface area (Å²) in [4.78, 5) is 25.4. The third-order valence-corrected chi connectivity index (χ3v) is 3.76. The van der Waals surface area contributed by atoms with Gasteiger partial charge in [-0.1, -0.05) is 12.8 Å². The van der Waals surface area contributed by atoms with Gasteiger partial charge in [0, 0.05) is 25.4 Å². The Balaban J connectivity index is 2.34. The fraction of sp³-hybridized carbons (Fsp3) is 0.857. The molecule has 1 fully saturated rings. The third-order valence-electron chi connectivity index (χ3n) is 3.76. The predicted octanol–water partition coefficient (Wildman–Crippen LogP) is 1.45. The molecule has 2 atom stereocenters. The van der Waals surface area contributed by atoms with Crippen molar-refractivity contribution in [2.75, 3.05) is 27.2 Å². The summed E-state index contributed by atoms with van der Waals surface area (Å²) in [6.45, 7) is 3.20. The minimum absolute atomic E-state index is 0.0926. The lowest BCUT2D eigenvalue weighted by molar-refractivity contribution is -0.126. The lowest BCUT2D eigenvalue weighted by atomic mass is 9.75. The number of nitrogens with one attached hydrogen (secondary N) is 1. The highest BCUT2D eigenvalue weighted by molar-refractivity contribution is 5.81. The van der Waals surface area contributed by atoms with Crippen molar-refractivity contribution < 1.29 is 9.59 Å². The average molecular weight is 254 g/mol. The topological polar surface area (TPSA) is 49.4 Å². The molecule has 18 heavy (non-hydrogen) atoms. The van der Waals surface area contributed by atoms with E-state index in [2.05, 4.69) is 5.32 Å². The van der Waals surface area contributed by atoms with Gasteiger partial charge in [-0.15, -0.1) is 0 Å². The summed E-state index contributed by atoms with van der Waals surface area (Å²) in [6.07, 6.45) is 4.77. The molecule has 0 spiro atoms. The van der Waals surface area contributed by atoms with Gasteiger partial charge in [0.1, 0.15) is 5.78 Å². The van der Waals surface area contributed by atoms with Crippen LogP contribution in [0.5, 0.6) is 0 Å². The molecule has 0 aromatic rings. The molecule has 0 aromatic heterocycles. The van der Waals surface area contributed by atoms with Crippen LogP contribution in [0, 0.1) is 11.8 Å². The van der Waals surface area contributed by atoms with Crippen LogP contribution in [0.4, 0.5) is 0 Å². The van der Waals surface area contributed by atoms with Gasteiger partial charge in [0.05, 0.1) is 0 Å². The number of amides is 1. The fourth-order valence-corrected chi connectivity index (χ4v) is 2.72. The van der Waals surface area contributed by atoms with Crippen molar-refractivity contribution >= 4 is 11.7 Å². The van der Waals surface area contributed by atoms with Gasteiger partial charge in [-0.3, -0.25) is 9.59 Å². The molecular formula is C14H26N2O2. The Morgan fingerprint density at radius 3 is 2.50 bits per heavy atom. The number of hydrogen-bond acceptors (Lipinski definition) is 3. The number of nitrogens with zero attached hydrogens (tertiary/aromatic N) is 1. The van der Waals surface area contributed by atoms with Crippen LogP contribution in [0.25, 0.3) is 0 Å². The van der Waals surface area contributed by atoms with Gasteiger partial charge < -0.3 is 10.2 Å². The van der Waals surface area contributed by atoms with Crippen molar-refractivity contribution in [3.63, 3.8) is 0 Å². The molecule has 1 saturated carbocycles. The second-order valence-corrected chi connectivity index (χ2v) is 5.62. The lowest BCUT2D eigenvalue weighted by Crippen LogP contribution is -2.35. The number of rotatable bonds is 6. The summed E-state index contributed by atoms with van der Waals surface area (Å²) >= 11 is 0. The minimum Gasteiger partial charge on any atom is -0.355 e. The Bertz CT molecular complexity index is 290. The molecular weight excluding hydrogens is 228 g/mol. The molecule has 0 aromatic carbocycles. The normalized spacial score (nSPS) is 24.0. The summed E-state index contributed by atoms with van der Waals surface area (Å²) in [5.74, 6) is 0.713. The monoisotopic (exact) mass is 254 g/mol. The molecule has 0 saturated heterocycles. The Kier molecular flexibility index (Phi) is 6.33. The van der Waals surface area contributed by atoms with Crippen molar-refractivity contribution in [1.29, 1.82) is 0 Å². The molecule has 0 aliphatic heterocycles. The molecule has 1 amide bonds. The highest BCUT2D eigenvalue weighted by Gasteiger charge is 2.29. The third kappa shape index (κ3) is 5.17. The SMILES string of the molecule is CC(=O)[C@H]1CCCC[C@H]1CC(=O)NCCN(C)C. The zero-order valence-electron chi connectivity index (χ0n) is 11.9. The molecule has 0 unspecified atom stereocenters. The van der Waals surface area contributed by atoms with E-state index < -0.39 is 0 Å². The van der Waals surface area contributed by atoms with E-state index in [0.717, 1.165) is 32.2 Å². The zero-order valence-corrected chi connectivity index (χ0v) is 11.9. The molecule has 1 aliphatic rings. The van der Waals surface area contributed by atoms with Gasteiger partial charge in [-0.2, -0.15) is 0 Å². The highest BCUT2D eigenvalue weighted by atomic mass is 16.1. The molecule has 4 heteroatoms. The van der Waals surface area contributed by atoms with Crippen molar-refractivity contribution in [3.8, 4) is 0 Å². The fourth-order valence-electron chi connectivity index (χ4n) is 2.72. The molecule has 1 aliphatic carbocycles. The summed E-state index contributed by atoms with van der Waals surface area (Å²) in [7, 11) is 3.97. The number of carbonyl (C=O) groups excluding carboxylic acids is 2. The van der Waals surface area contributed by atoms with E-state index in [1.807, 2.05) is 19.0 Å². The quantitative estimate of drug-likeness (QED) is 0.780. The van der Waals surface area contributed by atoms with Crippen LogP contribution in [-0.2, 0) is 9.59 Å². The molecule has 0 bridgehead atoms. The number of likely N-dealkylation sites (N-methyl/N-ethyl adjacent to an activating group) is 1. The van der Waals surface area contributed by atoms with Crippen molar-refractivity contribution in [2.45, 2.75) is 39.0 Å². The predicted molar refractivity (Wildman–Crippen MR) is 72.3 cm³/mol. The van der Waals surface area contributed by atoms with E-state index >= 15 is 0 Å². The summed E-state index contributed by atoms with van der Waals surface area (Å²) in [6, 6.07) is 0. The van der Waals surface area contributed by atoms with E-state index in [0.29, 0.717) is 13.0 Å². The molecule has 4 nitrogen and oxygen atoms in total. The second-order valence-electron chi connectivity index (χ2n) is 5.62. The van der Waals surface area contributed by atoms with Crippen LogP contribution in [-0.4, -0.2) is 43.8 Å². The Morgan fingerprint density at radius 1 is 1.22 bits per heavy atom. The van der Waals surface area contributed by atoms with Crippen LogP contribution < -0.4 is 5.32 Å². The smallest absolute Gasteiger partial charge is 0.220 e. The van der Waals surface area contributed by atoms with Crippen molar-refractivity contribution in [2.24, 2.45) is 11.8 Å². The van der Waals surface area contributed by atoms with Gasteiger partial charge in [0.15, 0.2) is 0 Å². The van der Waals surface area contributed by atoms with Crippen molar-refractivity contribution in [1.82, 2.24) is 10.2 Å². The first-order chi connectivity index (χ1) is 8.50. The minimum atomic E-state index is 0.0926. The Hall–Kier alpha value is -0.900. The largest absolute Gasteiger partial charge is 0.355 e. The highest BCUT2D eigenvalue weighted by Crippen LogP contribution is 2.32. The first kappa shape index (κ1) is 15.2. The van der Waals surface area contributed by atoms with E-state index in [9.17, 15) is 9.59 Å². The van der Waals surface area contributed by atoms with E-state index in [1.165, 1.54) is 0 Å².